The van der Waals surface area contributed by atoms with Crippen LogP contribution in [0.5, 0.6) is 0 Å². The third-order valence-corrected chi connectivity index (χ3v) is 2.70. The number of hydrogen-bond acceptors (Lipinski definition) is 7. The Bertz CT molecular complexity index is 432. The third-order valence-electron chi connectivity index (χ3n) is 2.70. The van der Waals surface area contributed by atoms with Crippen LogP contribution in [0.2, 0.25) is 0 Å². The summed E-state index contributed by atoms with van der Waals surface area (Å²) in [7, 11) is 1.27. The Morgan fingerprint density at radius 3 is 3.22 bits per heavy atom. The highest BCUT2D eigenvalue weighted by Gasteiger charge is 2.32. The lowest BCUT2D eigenvalue weighted by molar-refractivity contribution is 0.0381. The van der Waals surface area contributed by atoms with E-state index in [9.17, 15) is 9.90 Å². The molecule has 0 amide bonds. The summed E-state index contributed by atoms with van der Waals surface area (Å²) in [6.07, 6.45) is 2.03. The lowest BCUT2D eigenvalue weighted by Crippen LogP contribution is -2.37. The fraction of sp³-hybridized carbons (Fsp3) is 0.545. The molecular formula is C11H15N3O4. The number of methoxy groups -OCH3 is 1. The number of aliphatic hydroxyl groups is 1. The van der Waals surface area contributed by atoms with Gasteiger partial charge in [0.25, 0.3) is 0 Å². The minimum absolute atomic E-state index is 0.0165. The van der Waals surface area contributed by atoms with Crippen molar-refractivity contribution in [1.29, 1.82) is 0 Å². The Kier molecular flexibility index (Phi) is 3.73. The van der Waals surface area contributed by atoms with E-state index in [1.54, 1.807) is 6.07 Å². The minimum Gasteiger partial charge on any atom is -0.463 e. The van der Waals surface area contributed by atoms with Crippen LogP contribution in [-0.2, 0) is 9.47 Å². The van der Waals surface area contributed by atoms with Crippen molar-refractivity contribution in [3.05, 3.63) is 18.1 Å². The fourth-order valence-electron chi connectivity index (χ4n) is 1.64. The predicted molar refractivity (Wildman–Crippen MR) is 62.2 cm³/mol. The van der Waals surface area contributed by atoms with Crippen LogP contribution in [0.25, 0.3) is 0 Å². The van der Waals surface area contributed by atoms with E-state index in [1.165, 1.54) is 13.3 Å². The van der Waals surface area contributed by atoms with Crippen LogP contribution >= 0.6 is 0 Å². The number of rotatable bonds is 4. The number of nitrogens with zero attached hydrogens (tertiary/aromatic N) is 2. The van der Waals surface area contributed by atoms with Crippen LogP contribution < -0.4 is 5.32 Å². The minimum atomic E-state index is -0.879. The smallest absolute Gasteiger partial charge is 0.376 e. The second kappa shape index (κ2) is 5.28. The highest BCUT2D eigenvalue weighted by molar-refractivity contribution is 5.85. The number of anilines is 1. The van der Waals surface area contributed by atoms with Crippen molar-refractivity contribution in [3.8, 4) is 0 Å². The molecule has 1 fully saturated rings. The van der Waals surface area contributed by atoms with Crippen LogP contribution in [0.15, 0.2) is 12.3 Å². The average molecular weight is 253 g/mol. The van der Waals surface area contributed by atoms with E-state index in [0.717, 1.165) is 0 Å². The highest BCUT2D eigenvalue weighted by atomic mass is 16.5. The number of ether oxygens (including phenoxy) is 2. The molecule has 2 heterocycles. The van der Waals surface area contributed by atoms with Crippen molar-refractivity contribution < 1.29 is 19.4 Å². The largest absolute Gasteiger partial charge is 0.463 e. The molecule has 2 rings (SSSR count). The first-order chi connectivity index (χ1) is 8.63. The molecule has 1 aromatic heterocycles. The SMILES string of the molecule is COC(=O)c1nccc(NCC2(O)CCOC2)n1. The van der Waals surface area contributed by atoms with E-state index in [1.807, 2.05) is 0 Å². The molecule has 1 unspecified atom stereocenters. The second-order valence-corrected chi connectivity index (χ2v) is 4.14. The number of aromatic nitrogens is 2. The molecule has 0 aromatic carbocycles. The molecular weight excluding hydrogens is 238 g/mol. The van der Waals surface area contributed by atoms with E-state index < -0.39 is 11.6 Å². The molecule has 0 saturated carbocycles. The first-order valence-corrected chi connectivity index (χ1v) is 5.58. The molecule has 1 aliphatic heterocycles. The molecule has 0 aliphatic carbocycles. The highest BCUT2D eigenvalue weighted by Crippen LogP contribution is 2.18. The van der Waals surface area contributed by atoms with Crippen LogP contribution in [0, 0.1) is 0 Å². The van der Waals surface area contributed by atoms with E-state index >= 15 is 0 Å². The number of esters is 1. The van der Waals surface area contributed by atoms with Gasteiger partial charge in [-0.3, -0.25) is 0 Å². The van der Waals surface area contributed by atoms with Crippen molar-refractivity contribution in [2.45, 2.75) is 12.0 Å². The Labute approximate surface area is 104 Å². The summed E-state index contributed by atoms with van der Waals surface area (Å²) in [5.74, 6) is -0.149. The van der Waals surface area contributed by atoms with Gasteiger partial charge >= 0.3 is 5.97 Å². The Morgan fingerprint density at radius 1 is 1.72 bits per heavy atom. The van der Waals surface area contributed by atoms with Gasteiger partial charge < -0.3 is 19.9 Å². The maximum absolute atomic E-state index is 11.2. The van der Waals surface area contributed by atoms with E-state index in [2.05, 4.69) is 20.0 Å². The van der Waals surface area contributed by atoms with Gasteiger partial charge in [0.1, 0.15) is 11.4 Å². The molecule has 1 aromatic rings. The number of nitrogens with one attached hydrogen (secondary N) is 1. The first kappa shape index (κ1) is 12.7. The monoisotopic (exact) mass is 253 g/mol. The molecule has 7 heteroatoms. The van der Waals surface area contributed by atoms with E-state index in [-0.39, 0.29) is 5.82 Å². The lowest BCUT2D eigenvalue weighted by atomic mass is 10.0. The van der Waals surface area contributed by atoms with E-state index in [0.29, 0.717) is 32.0 Å². The summed E-state index contributed by atoms with van der Waals surface area (Å²) in [4.78, 5) is 19.0. The average Bonchev–Trinajstić information content (AvgIpc) is 2.83. The van der Waals surface area contributed by atoms with Crippen molar-refractivity contribution in [1.82, 2.24) is 9.97 Å². The van der Waals surface area contributed by atoms with Crippen LogP contribution in [0.4, 0.5) is 5.82 Å². The number of carbonyl (C=O) groups excluding carboxylic acids is 1. The second-order valence-electron chi connectivity index (χ2n) is 4.14. The fourth-order valence-corrected chi connectivity index (χ4v) is 1.64. The van der Waals surface area contributed by atoms with E-state index in [4.69, 9.17) is 4.74 Å². The Balaban J connectivity index is 1.99. The standard InChI is InChI=1S/C11H15N3O4/c1-17-10(15)9-12-4-2-8(14-9)13-6-11(16)3-5-18-7-11/h2,4,16H,3,5-7H2,1H3,(H,12,13,14). The van der Waals surface area contributed by atoms with Gasteiger partial charge in [-0.15, -0.1) is 0 Å². The maximum atomic E-state index is 11.2. The van der Waals surface area contributed by atoms with Gasteiger partial charge in [0, 0.05) is 25.8 Å². The molecule has 0 spiro atoms. The summed E-state index contributed by atoms with van der Waals surface area (Å²) in [5.41, 5.74) is -0.879. The zero-order chi connectivity index (χ0) is 13.0. The summed E-state index contributed by atoms with van der Waals surface area (Å²) < 4.78 is 9.66. The van der Waals surface area contributed by atoms with Crippen LogP contribution in [-0.4, -0.2) is 53.5 Å². The van der Waals surface area contributed by atoms with Gasteiger partial charge in [-0.05, 0) is 6.07 Å². The molecule has 18 heavy (non-hydrogen) atoms. The predicted octanol–water partition coefficient (Wildman–Crippen LogP) is -0.174. The molecule has 1 saturated heterocycles. The van der Waals surface area contributed by atoms with Crippen molar-refractivity contribution in [2.75, 3.05) is 32.2 Å². The Hall–Kier alpha value is -1.73. The van der Waals surface area contributed by atoms with Crippen LogP contribution in [0.1, 0.15) is 17.0 Å². The first-order valence-electron chi connectivity index (χ1n) is 5.58. The zero-order valence-corrected chi connectivity index (χ0v) is 10.0. The molecule has 0 radical (unpaired) electrons. The summed E-state index contributed by atoms with van der Waals surface area (Å²) in [5, 5.41) is 13.0. The third kappa shape index (κ3) is 2.93. The van der Waals surface area contributed by atoms with Gasteiger partial charge in [0.05, 0.1) is 13.7 Å². The molecule has 1 aliphatic rings. The van der Waals surface area contributed by atoms with Gasteiger partial charge in [0.2, 0.25) is 5.82 Å². The topological polar surface area (TPSA) is 93.6 Å². The van der Waals surface area contributed by atoms with Crippen molar-refractivity contribution in [2.24, 2.45) is 0 Å². The summed E-state index contributed by atoms with van der Waals surface area (Å²) in [6.45, 7) is 1.16. The molecule has 98 valence electrons. The van der Waals surface area contributed by atoms with Gasteiger partial charge in [0.15, 0.2) is 0 Å². The molecule has 2 N–H and O–H groups in total. The van der Waals surface area contributed by atoms with Gasteiger partial charge in [-0.2, -0.15) is 0 Å². The number of carbonyl (C=O) groups is 1. The lowest BCUT2D eigenvalue weighted by Gasteiger charge is -2.20. The summed E-state index contributed by atoms with van der Waals surface area (Å²) >= 11 is 0. The quantitative estimate of drug-likeness (QED) is 0.719. The van der Waals surface area contributed by atoms with Crippen LogP contribution in [0.3, 0.4) is 0 Å². The number of hydrogen-bond donors (Lipinski definition) is 2. The van der Waals surface area contributed by atoms with Crippen molar-refractivity contribution in [3.63, 3.8) is 0 Å². The Morgan fingerprint density at radius 2 is 2.56 bits per heavy atom. The molecule has 7 nitrogen and oxygen atoms in total. The van der Waals surface area contributed by atoms with Gasteiger partial charge in [-0.25, -0.2) is 14.8 Å². The van der Waals surface area contributed by atoms with Gasteiger partial charge in [-0.1, -0.05) is 0 Å². The normalized spacial score (nSPS) is 22.8. The molecule has 1 atom stereocenters. The summed E-state index contributed by atoms with van der Waals surface area (Å²) in [6, 6.07) is 1.62. The van der Waals surface area contributed by atoms with Crippen molar-refractivity contribution >= 4 is 11.8 Å². The molecule has 0 bridgehead atoms. The maximum Gasteiger partial charge on any atom is 0.376 e. The zero-order valence-electron chi connectivity index (χ0n) is 10.0.